The van der Waals surface area contributed by atoms with E-state index < -0.39 is 25.1 Å². The molecule has 0 spiro atoms. The quantitative estimate of drug-likeness (QED) is 0.0644. The molecule has 2 heterocycles. The molecular weight excluding hydrogens is 883 g/mol. The summed E-state index contributed by atoms with van der Waals surface area (Å²) in [5.41, 5.74) is 3.14. The summed E-state index contributed by atoms with van der Waals surface area (Å²) in [6, 6.07) is 27.1. The molecule has 0 fully saturated rings. The van der Waals surface area contributed by atoms with Crippen LogP contribution in [0, 0.1) is 29.5 Å². The SMILES string of the molecule is CC(C)(C)c1c(F)cc(-n2c3ccc([Si](C)(C)C)cc3c3ccnc(-c4[c-]c5ccccc5cc4)c32)cc1F.CCC(CC)C(=O)/C=C(\O)C(CC)CC.[Ir]. The molecule has 0 saturated carbocycles. The first-order valence-corrected chi connectivity index (χ1v) is 22.8. The van der Waals surface area contributed by atoms with Gasteiger partial charge in [-0.05, 0) is 55.4 Å². The number of aliphatic hydroxyl groups is 1. The Morgan fingerprint density at radius 2 is 1.47 bits per heavy atom. The summed E-state index contributed by atoms with van der Waals surface area (Å²) < 4.78 is 33.1. The molecule has 0 unspecified atom stereocenters. The number of carbonyl (C=O) groups is 1. The molecule has 4 nitrogen and oxygen atoms in total. The zero-order valence-electron chi connectivity index (χ0n) is 33.9. The second kappa shape index (κ2) is 17.9. The molecule has 0 saturated heterocycles. The molecule has 293 valence electrons. The third kappa shape index (κ3) is 9.36. The number of aromatic nitrogens is 2. The fourth-order valence-corrected chi connectivity index (χ4v) is 8.50. The molecule has 4 aromatic carbocycles. The van der Waals surface area contributed by atoms with Gasteiger partial charge in [0.05, 0.1) is 25.0 Å². The Hall–Kier alpha value is -3.97. The largest absolute Gasteiger partial charge is 0.512 e. The number of aliphatic hydroxyl groups excluding tert-OH is 1. The van der Waals surface area contributed by atoms with Crippen molar-refractivity contribution in [3.63, 3.8) is 0 Å². The van der Waals surface area contributed by atoms with Gasteiger partial charge in [-0.3, -0.25) is 9.78 Å². The van der Waals surface area contributed by atoms with Crippen molar-refractivity contribution in [2.24, 2.45) is 11.8 Å². The van der Waals surface area contributed by atoms with Gasteiger partial charge in [-0.15, -0.1) is 29.7 Å². The number of rotatable bonds is 10. The van der Waals surface area contributed by atoms with Gasteiger partial charge in [-0.25, -0.2) is 8.78 Å². The summed E-state index contributed by atoms with van der Waals surface area (Å²) in [4.78, 5) is 16.5. The molecule has 55 heavy (non-hydrogen) atoms. The summed E-state index contributed by atoms with van der Waals surface area (Å²) in [7, 11) is -1.61. The monoisotopic (exact) mass is 938 g/mol. The van der Waals surface area contributed by atoms with Crippen molar-refractivity contribution in [2.75, 3.05) is 0 Å². The van der Waals surface area contributed by atoms with Crippen LogP contribution >= 0.6 is 0 Å². The third-order valence-electron chi connectivity index (χ3n) is 10.6. The first kappa shape index (κ1) is 43.8. The fourth-order valence-electron chi connectivity index (χ4n) is 7.34. The molecule has 0 aliphatic carbocycles. The smallest absolute Gasteiger partial charge is 0.162 e. The van der Waals surface area contributed by atoms with Crippen molar-refractivity contribution < 1.29 is 38.8 Å². The van der Waals surface area contributed by atoms with Gasteiger partial charge in [-0.2, -0.15) is 0 Å². The maximum atomic E-state index is 15.5. The van der Waals surface area contributed by atoms with E-state index in [9.17, 15) is 9.90 Å². The first-order chi connectivity index (χ1) is 25.5. The van der Waals surface area contributed by atoms with Crippen molar-refractivity contribution >= 4 is 51.6 Å². The summed E-state index contributed by atoms with van der Waals surface area (Å²) in [6.45, 7) is 20.5. The molecule has 2 aromatic heterocycles. The molecule has 1 radical (unpaired) electrons. The number of hydrogen-bond acceptors (Lipinski definition) is 3. The van der Waals surface area contributed by atoms with Crippen molar-refractivity contribution in [1.29, 1.82) is 0 Å². The Bertz CT molecular complexity index is 2300. The van der Waals surface area contributed by atoms with Crippen molar-refractivity contribution in [3.8, 4) is 16.9 Å². The van der Waals surface area contributed by atoms with Crippen LogP contribution in [0.1, 0.15) is 79.7 Å². The van der Waals surface area contributed by atoms with Crippen LogP contribution in [0.15, 0.2) is 90.8 Å². The fraction of sp³-hybridized carbons (Fsp3) is 0.362. The molecule has 0 aliphatic heterocycles. The van der Waals surface area contributed by atoms with Gasteiger partial charge in [0.15, 0.2) is 5.78 Å². The van der Waals surface area contributed by atoms with Gasteiger partial charge in [0.25, 0.3) is 0 Å². The van der Waals surface area contributed by atoms with Crippen LogP contribution < -0.4 is 5.19 Å². The molecule has 0 atom stereocenters. The molecule has 0 aliphatic rings. The van der Waals surface area contributed by atoms with Crippen LogP contribution in [0.25, 0.3) is 49.5 Å². The number of pyridine rings is 1. The predicted molar refractivity (Wildman–Crippen MR) is 226 cm³/mol. The van der Waals surface area contributed by atoms with E-state index in [0.717, 1.165) is 69.5 Å². The van der Waals surface area contributed by atoms with E-state index in [0.29, 0.717) is 5.69 Å². The molecule has 8 heteroatoms. The van der Waals surface area contributed by atoms with Gasteiger partial charge < -0.3 is 9.67 Å². The van der Waals surface area contributed by atoms with Crippen LogP contribution in [0.4, 0.5) is 8.78 Å². The van der Waals surface area contributed by atoms with Crippen LogP contribution in [-0.2, 0) is 30.3 Å². The van der Waals surface area contributed by atoms with Crippen LogP contribution in [0.2, 0.25) is 19.6 Å². The standard InChI is InChI=1S/C34H31F2N2Si.C13H24O2.Ir/c1-34(2,3)31-28(35)18-24(19-29(31)36)38-30-14-13-25(39(4,5)6)20-27(30)26-15-16-37-32(33(26)38)23-12-11-21-9-7-8-10-22(21)17-23;1-5-10(6-2)12(14)9-13(15)11(7-3)8-4;/h7-16,18-20H,1-6H3;9-11,14H,5-8H2,1-4H3;/q-1;;/b;12-9-;. The van der Waals surface area contributed by atoms with E-state index in [-0.39, 0.29) is 49.0 Å². The average Bonchev–Trinajstić information content (AvgIpc) is 3.45. The maximum Gasteiger partial charge on any atom is 0.162 e. The van der Waals surface area contributed by atoms with Gasteiger partial charge in [0.1, 0.15) is 11.6 Å². The molecule has 6 aromatic rings. The Morgan fingerprint density at radius 3 is 2.05 bits per heavy atom. The van der Waals surface area contributed by atoms with Gasteiger partial charge in [0.2, 0.25) is 0 Å². The van der Waals surface area contributed by atoms with Crippen molar-refractivity contribution in [3.05, 3.63) is 114 Å². The summed E-state index contributed by atoms with van der Waals surface area (Å²) in [5, 5.41) is 15.2. The minimum atomic E-state index is -1.61. The number of benzene rings is 4. The van der Waals surface area contributed by atoms with Crippen LogP contribution in [0.5, 0.6) is 0 Å². The summed E-state index contributed by atoms with van der Waals surface area (Å²) in [6.07, 6.45) is 6.72. The van der Waals surface area contributed by atoms with Gasteiger partial charge in [-0.1, -0.05) is 115 Å². The van der Waals surface area contributed by atoms with Crippen LogP contribution in [-0.4, -0.2) is 28.5 Å². The number of allylic oxidation sites excluding steroid dienone is 2. The zero-order valence-corrected chi connectivity index (χ0v) is 37.3. The Labute approximate surface area is 340 Å². The molecule has 1 N–H and O–H groups in total. The Morgan fingerprint density at radius 1 is 0.855 bits per heavy atom. The van der Waals surface area contributed by atoms with Gasteiger partial charge in [0, 0.05) is 71.8 Å². The Kier molecular flexibility index (Phi) is 14.2. The maximum absolute atomic E-state index is 15.5. The second-order valence-corrected chi connectivity index (χ2v) is 21.4. The number of fused-ring (bicyclic) bond motifs is 4. The molecule has 0 amide bonds. The molecular formula is C47H55F2IrN2O2Si-. The van der Waals surface area contributed by atoms with Crippen molar-refractivity contribution in [1.82, 2.24) is 9.55 Å². The predicted octanol–water partition coefficient (Wildman–Crippen LogP) is 12.8. The Balaban J connectivity index is 0.000000360. The number of carbonyl (C=O) groups excluding carboxylic acids is 1. The van der Waals surface area contributed by atoms with Crippen LogP contribution in [0.3, 0.4) is 0 Å². The number of nitrogens with zero attached hydrogens (tertiary/aromatic N) is 2. The van der Waals surface area contributed by atoms with Crippen molar-refractivity contribution in [2.45, 2.75) is 99.2 Å². The number of ketones is 1. The second-order valence-electron chi connectivity index (χ2n) is 16.4. The average molecular weight is 938 g/mol. The van der Waals surface area contributed by atoms with E-state index in [1.54, 1.807) is 0 Å². The summed E-state index contributed by atoms with van der Waals surface area (Å²) in [5.74, 6) is -0.547. The van der Waals surface area contributed by atoms with E-state index >= 15 is 8.78 Å². The summed E-state index contributed by atoms with van der Waals surface area (Å²) >= 11 is 0. The zero-order chi connectivity index (χ0) is 39.5. The topological polar surface area (TPSA) is 55.1 Å². The van der Waals surface area contributed by atoms with E-state index in [2.05, 4.69) is 56.0 Å². The minimum Gasteiger partial charge on any atom is -0.512 e. The molecule has 0 bridgehead atoms. The normalized spacial score (nSPS) is 12.4. The van der Waals surface area contributed by atoms with E-state index in [1.807, 2.05) is 89.6 Å². The third-order valence-corrected chi connectivity index (χ3v) is 12.6. The number of halogens is 2. The first-order valence-electron chi connectivity index (χ1n) is 19.3. The minimum absolute atomic E-state index is 0. The van der Waals surface area contributed by atoms with Gasteiger partial charge >= 0.3 is 0 Å². The van der Waals surface area contributed by atoms with E-state index in [4.69, 9.17) is 4.98 Å². The molecule has 6 rings (SSSR count). The number of hydrogen-bond donors (Lipinski definition) is 1. The van der Waals surface area contributed by atoms with E-state index in [1.165, 1.54) is 23.4 Å².